The molecule has 3 aromatic carbocycles. The zero-order valence-electron chi connectivity index (χ0n) is 15.1. The van der Waals surface area contributed by atoms with Crippen molar-refractivity contribution < 1.29 is 0 Å². The number of rotatable bonds is 3. The number of nitrogens with zero attached hydrogens (tertiary/aromatic N) is 1. The van der Waals surface area contributed by atoms with Crippen molar-refractivity contribution in [3.8, 4) is 0 Å². The summed E-state index contributed by atoms with van der Waals surface area (Å²) < 4.78 is 0. The zero-order chi connectivity index (χ0) is 17.3. The van der Waals surface area contributed by atoms with Gasteiger partial charge in [0.2, 0.25) is 0 Å². The minimum atomic E-state index is 0.536. The van der Waals surface area contributed by atoms with Gasteiger partial charge in [0.25, 0.3) is 0 Å². The van der Waals surface area contributed by atoms with E-state index in [-0.39, 0.29) is 0 Å². The first-order valence-corrected chi connectivity index (χ1v) is 9.86. The van der Waals surface area contributed by atoms with Gasteiger partial charge in [-0.15, -0.1) is 0 Å². The normalized spacial score (nSPS) is 21.3. The van der Waals surface area contributed by atoms with Crippen molar-refractivity contribution in [2.45, 2.75) is 37.6 Å². The van der Waals surface area contributed by atoms with E-state index < -0.39 is 0 Å². The van der Waals surface area contributed by atoms with Gasteiger partial charge in [0, 0.05) is 24.2 Å². The van der Waals surface area contributed by atoms with Gasteiger partial charge in [-0.1, -0.05) is 78.9 Å². The SMILES string of the molecule is c1ccc(C[C@H]2[C@H](c3ccccc3)Cc3cccc4c3N2CCC4)cc1. The molecule has 0 radical (unpaired) electrons. The fourth-order valence-electron chi connectivity index (χ4n) is 5.00. The molecule has 3 aromatic rings. The summed E-state index contributed by atoms with van der Waals surface area (Å²) in [6, 6.07) is 29.7. The topological polar surface area (TPSA) is 3.24 Å². The lowest BCUT2D eigenvalue weighted by Gasteiger charge is -2.47. The van der Waals surface area contributed by atoms with E-state index in [1.807, 2.05) is 0 Å². The minimum Gasteiger partial charge on any atom is -0.367 e. The lowest BCUT2D eigenvalue weighted by atomic mass is 9.76. The number of anilines is 1. The Morgan fingerprint density at radius 2 is 1.50 bits per heavy atom. The number of hydrogen-bond donors (Lipinski definition) is 0. The maximum absolute atomic E-state index is 2.74. The predicted molar refractivity (Wildman–Crippen MR) is 109 cm³/mol. The monoisotopic (exact) mass is 339 g/mol. The quantitative estimate of drug-likeness (QED) is 0.618. The van der Waals surface area contributed by atoms with E-state index >= 15 is 0 Å². The second-order valence-electron chi connectivity index (χ2n) is 7.70. The molecule has 0 fully saturated rings. The van der Waals surface area contributed by atoms with Crippen molar-refractivity contribution in [1.82, 2.24) is 0 Å². The summed E-state index contributed by atoms with van der Waals surface area (Å²) in [4.78, 5) is 2.74. The second-order valence-corrected chi connectivity index (χ2v) is 7.70. The highest BCUT2D eigenvalue weighted by atomic mass is 15.2. The summed E-state index contributed by atoms with van der Waals surface area (Å²) in [5.74, 6) is 0.553. The van der Waals surface area contributed by atoms with E-state index in [1.165, 1.54) is 30.5 Å². The molecule has 0 bridgehead atoms. The Morgan fingerprint density at radius 3 is 2.31 bits per heavy atom. The van der Waals surface area contributed by atoms with Crippen LogP contribution in [0.4, 0.5) is 5.69 Å². The van der Waals surface area contributed by atoms with E-state index in [2.05, 4.69) is 83.8 Å². The summed E-state index contributed by atoms with van der Waals surface area (Å²) in [5, 5.41) is 0. The maximum atomic E-state index is 2.74. The van der Waals surface area contributed by atoms with Crippen LogP contribution in [-0.4, -0.2) is 12.6 Å². The molecule has 0 unspecified atom stereocenters. The molecule has 0 N–H and O–H groups in total. The first-order chi connectivity index (χ1) is 12.9. The standard InChI is InChI=1S/C25H25N/c1-3-9-19(10-4-1)17-24-23(20-11-5-2-6-12-20)18-22-14-7-13-21-15-8-16-26(24)25(21)22/h1-7,9-14,23-24H,8,15-18H2/t23-,24-/m0/s1. The van der Waals surface area contributed by atoms with Crippen molar-refractivity contribution in [1.29, 1.82) is 0 Å². The highest BCUT2D eigenvalue weighted by Crippen LogP contribution is 2.44. The van der Waals surface area contributed by atoms with Crippen LogP contribution in [0.25, 0.3) is 0 Å². The second kappa shape index (κ2) is 6.64. The van der Waals surface area contributed by atoms with Crippen LogP contribution < -0.4 is 4.90 Å². The van der Waals surface area contributed by atoms with Crippen LogP contribution in [0.15, 0.2) is 78.9 Å². The molecule has 0 saturated heterocycles. The first-order valence-electron chi connectivity index (χ1n) is 9.86. The van der Waals surface area contributed by atoms with Crippen molar-refractivity contribution >= 4 is 5.69 Å². The molecule has 5 rings (SSSR count). The highest BCUT2D eigenvalue weighted by molar-refractivity contribution is 5.65. The molecule has 0 amide bonds. The molecule has 0 aromatic heterocycles. The van der Waals surface area contributed by atoms with Gasteiger partial charge in [0.05, 0.1) is 0 Å². The molecule has 26 heavy (non-hydrogen) atoms. The molecule has 0 saturated carbocycles. The van der Waals surface area contributed by atoms with E-state index in [9.17, 15) is 0 Å². The number of benzene rings is 3. The van der Waals surface area contributed by atoms with E-state index in [0.717, 1.165) is 12.8 Å². The molecular weight excluding hydrogens is 314 g/mol. The summed E-state index contributed by atoms with van der Waals surface area (Å²) in [5.41, 5.74) is 7.57. The molecule has 2 aliphatic heterocycles. The summed E-state index contributed by atoms with van der Waals surface area (Å²) >= 11 is 0. The molecular formula is C25H25N. The Kier molecular flexibility index (Phi) is 4.01. The Hall–Kier alpha value is -2.54. The maximum Gasteiger partial charge on any atom is 0.0434 e. The van der Waals surface area contributed by atoms with E-state index in [0.29, 0.717) is 12.0 Å². The van der Waals surface area contributed by atoms with Crippen molar-refractivity contribution in [3.05, 3.63) is 101 Å². The third-order valence-corrected chi connectivity index (χ3v) is 6.16. The third-order valence-electron chi connectivity index (χ3n) is 6.16. The molecule has 1 nitrogen and oxygen atoms in total. The fraction of sp³-hybridized carbons (Fsp3) is 0.280. The van der Waals surface area contributed by atoms with Gasteiger partial charge in [0.1, 0.15) is 0 Å². The summed E-state index contributed by atoms with van der Waals surface area (Å²) in [6.45, 7) is 1.19. The minimum absolute atomic E-state index is 0.536. The van der Waals surface area contributed by atoms with Crippen LogP contribution in [0, 0.1) is 0 Å². The van der Waals surface area contributed by atoms with Gasteiger partial charge >= 0.3 is 0 Å². The molecule has 130 valence electrons. The Labute approximate surface area is 156 Å². The van der Waals surface area contributed by atoms with E-state index in [1.54, 1.807) is 16.8 Å². The Bertz CT molecular complexity index is 885. The van der Waals surface area contributed by atoms with Crippen LogP contribution >= 0.6 is 0 Å². The third kappa shape index (κ3) is 2.72. The predicted octanol–water partition coefficient (Wildman–Crippen LogP) is 5.39. The van der Waals surface area contributed by atoms with Gasteiger partial charge in [-0.3, -0.25) is 0 Å². The van der Waals surface area contributed by atoms with Crippen LogP contribution in [0.3, 0.4) is 0 Å². The highest BCUT2D eigenvalue weighted by Gasteiger charge is 2.37. The lowest BCUT2D eigenvalue weighted by molar-refractivity contribution is 0.446. The number of aryl methyl sites for hydroxylation is 1. The first kappa shape index (κ1) is 15.7. The average molecular weight is 339 g/mol. The van der Waals surface area contributed by atoms with Crippen molar-refractivity contribution in [2.24, 2.45) is 0 Å². The molecule has 0 spiro atoms. The van der Waals surface area contributed by atoms with E-state index in [4.69, 9.17) is 0 Å². The molecule has 0 aliphatic carbocycles. The van der Waals surface area contributed by atoms with Gasteiger partial charge in [-0.2, -0.15) is 0 Å². The largest absolute Gasteiger partial charge is 0.367 e. The van der Waals surface area contributed by atoms with Crippen molar-refractivity contribution in [3.63, 3.8) is 0 Å². The van der Waals surface area contributed by atoms with Crippen LogP contribution in [0.2, 0.25) is 0 Å². The average Bonchev–Trinajstić information content (AvgIpc) is 2.71. The van der Waals surface area contributed by atoms with Crippen LogP contribution in [-0.2, 0) is 19.3 Å². The molecule has 1 heteroatoms. The van der Waals surface area contributed by atoms with Gasteiger partial charge in [0.15, 0.2) is 0 Å². The van der Waals surface area contributed by atoms with Gasteiger partial charge < -0.3 is 4.90 Å². The number of hydrogen-bond acceptors (Lipinski definition) is 1. The fourth-order valence-corrected chi connectivity index (χ4v) is 5.00. The van der Waals surface area contributed by atoms with Crippen LogP contribution in [0.1, 0.15) is 34.6 Å². The van der Waals surface area contributed by atoms with Gasteiger partial charge in [-0.05, 0) is 47.9 Å². The summed E-state index contributed by atoms with van der Waals surface area (Å²) in [7, 11) is 0. The van der Waals surface area contributed by atoms with Crippen LogP contribution in [0.5, 0.6) is 0 Å². The smallest absolute Gasteiger partial charge is 0.0434 e. The molecule has 2 heterocycles. The Balaban J connectivity index is 1.61. The Morgan fingerprint density at radius 1 is 0.769 bits per heavy atom. The zero-order valence-corrected chi connectivity index (χ0v) is 15.1. The van der Waals surface area contributed by atoms with Crippen molar-refractivity contribution in [2.75, 3.05) is 11.4 Å². The summed E-state index contributed by atoms with van der Waals surface area (Å²) in [6.07, 6.45) is 4.77. The number of para-hydroxylation sites is 1. The molecule has 2 aliphatic rings. The lowest BCUT2D eigenvalue weighted by Crippen LogP contribution is -2.48. The molecule has 2 atom stereocenters. The van der Waals surface area contributed by atoms with Gasteiger partial charge in [-0.25, -0.2) is 0 Å².